The molecular formula is C14H21N3O. The van der Waals surface area contributed by atoms with Gasteiger partial charge in [-0.25, -0.2) is 0 Å². The number of benzene rings is 1. The van der Waals surface area contributed by atoms with Crippen LogP contribution in [0.4, 0.5) is 11.4 Å². The van der Waals surface area contributed by atoms with Crippen molar-refractivity contribution in [1.82, 2.24) is 0 Å². The summed E-state index contributed by atoms with van der Waals surface area (Å²) < 4.78 is 0. The fourth-order valence-electron chi connectivity index (χ4n) is 2.37. The van der Waals surface area contributed by atoms with Gasteiger partial charge in [0.2, 0.25) is 5.91 Å². The largest absolute Gasteiger partial charge is 0.371 e. The predicted molar refractivity (Wildman–Crippen MR) is 74.9 cm³/mol. The van der Waals surface area contributed by atoms with Crippen LogP contribution in [0, 0.1) is 5.92 Å². The third kappa shape index (κ3) is 2.34. The average molecular weight is 247 g/mol. The van der Waals surface area contributed by atoms with Gasteiger partial charge in [0.1, 0.15) is 0 Å². The molecule has 1 amide bonds. The Bertz CT molecular complexity index is 433. The average Bonchev–Trinajstić information content (AvgIpc) is 2.39. The number of anilines is 2. The number of carbonyl (C=O) groups is 1. The summed E-state index contributed by atoms with van der Waals surface area (Å²) in [5, 5.41) is 0. The number of hydrogen-bond acceptors (Lipinski definition) is 3. The number of fused-ring (bicyclic) bond motifs is 1. The van der Waals surface area contributed by atoms with E-state index >= 15 is 0 Å². The molecule has 18 heavy (non-hydrogen) atoms. The number of nitrogens with two attached hydrogens (primary N) is 1. The Hall–Kier alpha value is -1.55. The minimum atomic E-state index is -0.00791. The van der Waals surface area contributed by atoms with Crippen molar-refractivity contribution in [1.29, 1.82) is 0 Å². The molecule has 0 fully saturated rings. The van der Waals surface area contributed by atoms with Crippen LogP contribution in [0.25, 0.3) is 0 Å². The maximum absolute atomic E-state index is 12.4. The van der Waals surface area contributed by atoms with Crippen LogP contribution in [0.1, 0.15) is 13.3 Å². The first-order chi connectivity index (χ1) is 8.65. The summed E-state index contributed by atoms with van der Waals surface area (Å²) >= 11 is 0. The Labute approximate surface area is 108 Å². The lowest BCUT2D eigenvalue weighted by molar-refractivity contribution is -0.122. The zero-order valence-corrected chi connectivity index (χ0v) is 11.1. The Kier molecular flexibility index (Phi) is 3.87. The minimum absolute atomic E-state index is 0.00791. The fourth-order valence-corrected chi connectivity index (χ4v) is 2.37. The predicted octanol–water partition coefficient (Wildman–Crippen LogP) is 1.45. The molecule has 1 aromatic rings. The number of hydrogen-bond donors (Lipinski definition) is 1. The molecule has 0 aliphatic carbocycles. The molecule has 1 atom stereocenters. The van der Waals surface area contributed by atoms with Gasteiger partial charge in [-0.3, -0.25) is 4.79 Å². The van der Waals surface area contributed by atoms with Crippen molar-refractivity contribution in [3.8, 4) is 0 Å². The van der Waals surface area contributed by atoms with Gasteiger partial charge < -0.3 is 15.5 Å². The molecule has 4 nitrogen and oxygen atoms in total. The van der Waals surface area contributed by atoms with Gasteiger partial charge in [0.15, 0.2) is 0 Å². The number of nitrogens with zero attached hydrogens (tertiary/aromatic N) is 2. The molecule has 0 bridgehead atoms. The molecule has 4 heteroatoms. The van der Waals surface area contributed by atoms with Gasteiger partial charge in [-0.15, -0.1) is 0 Å². The molecule has 1 unspecified atom stereocenters. The summed E-state index contributed by atoms with van der Waals surface area (Å²) in [5.41, 5.74) is 7.67. The van der Waals surface area contributed by atoms with Gasteiger partial charge >= 0.3 is 0 Å². The van der Waals surface area contributed by atoms with E-state index in [1.807, 2.05) is 30.0 Å². The molecule has 0 saturated carbocycles. The van der Waals surface area contributed by atoms with Crippen molar-refractivity contribution >= 4 is 17.3 Å². The zero-order chi connectivity index (χ0) is 13.1. The Balaban J connectivity index is 2.26. The van der Waals surface area contributed by atoms with Crippen LogP contribution in [0.5, 0.6) is 0 Å². The van der Waals surface area contributed by atoms with Crippen molar-refractivity contribution in [3.05, 3.63) is 24.3 Å². The second kappa shape index (κ2) is 5.40. The number of rotatable bonds is 3. The van der Waals surface area contributed by atoms with Crippen LogP contribution in [-0.2, 0) is 4.79 Å². The Morgan fingerprint density at radius 1 is 1.33 bits per heavy atom. The van der Waals surface area contributed by atoms with Crippen LogP contribution in [0.3, 0.4) is 0 Å². The number of para-hydroxylation sites is 2. The van der Waals surface area contributed by atoms with Gasteiger partial charge in [-0.2, -0.15) is 0 Å². The number of amides is 1. The summed E-state index contributed by atoms with van der Waals surface area (Å²) in [7, 11) is 2.06. The second-order valence-corrected chi connectivity index (χ2v) is 4.88. The third-order valence-electron chi connectivity index (χ3n) is 3.53. The van der Waals surface area contributed by atoms with Crippen molar-refractivity contribution in [2.45, 2.75) is 13.3 Å². The molecule has 0 saturated heterocycles. The van der Waals surface area contributed by atoms with Crippen LogP contribution in [0.2, 0.25) is 0 Å². The van der Waals surface area contributed by atoms with E-state index in [1.54, 1.807) is 0 Å². The van der Waals surface area contributed by atoms with Gasteiger partial charge in [-0.05, 0) is 25.1 Å². The standard InChI is InChI=1S/C14H21N3O/c1-11(7-8-15)14(18)17-10-9-16(2)12-5-3-4-6-13(12)17/h3-6,11H,7-10,15H2,1-2H3. The smallest absolute Gasteiger partial charge is 0.229 e. The van der Waals surface area contributed by atoms with Gasteiger partial charge in [0.25, 0.3) is 0 Å². The molecular weight excluding hydrogens is 226 g/mol. The van der Waals surface area contributed by atoms with Crippen molar-refractivity contribution in [2.75, 3.05) is 36.5 Å². The minimum Gasteiger partial charge on any atom is -0.371 e. The summed E-state index contributed by atoms with van der Waals surface area (Å²) in [6, 6.07) is 8.05. The molecule has 2 rings (SSSR count). The SMILES string of the molecule is CC(CCN)C(=O)N1CCN(C)c2ccccc21. The highest BCUT2D eigenvalue weighted by atomic mass is 16.2. The normalized spacial score (nSPS) is 16.4. The highest BCUT2D eigenvalue weighted by molar-refractivity contribution is 5.98. The quantitative estimate of drug-likeness (QED) is 0.879. The van der Waals surface area contributed by atoms with Crippen LogP contribution < -0.4 is 15.5 Å². The fraction of sp³-hybridized carbons (Fsp3) is 0.500. The molecule has 0 radical (unpaired) electrons. The van der Waals surface area contributed by atoms with E-state index in [2.05, 4.69) is 18.0 Å². The van der Waals surface area contributed by atoms with E-state index in [4.69, 9.17) is 5.73 Å². The first kappa shape index (κ1) is 12.9. The van der Waals surface area contributed by atoms with E-state index in [-0.39, 0.29) is 11.8 Å². The van der Waals surface area contributed by atoms with Crippen LogP contribution >= 0.6 is 0 Å². The van der Waals surface area contributed by atoms with E-state index in [1.165, 1.54) is 0 Å². The number of carbonyl (C=O) groups excluding carboxylic acids is 1. The first-order valence-corrected chi connectivity index (χ1v) is 6.46. The van der Waals surface area contributed by atoms with E-state index < -0.39 is 0 Å². The monoisotopic (exact) mass is 247 g/mol. The van der Waals surface area contributed by atoms with Crippen molar-refractivity contribution in [3.63, 3.8) is 0 Å². The van der Waals surface area contributed by atoms with E-state index in [0.717, 1.165) is 30.9 Å². The Morgan fingerprint density at radius 3 is 2.67 bits per heavy atom. The summed E-state index contributed by atoms with van der Waals surface area (Å²) in [6.45, 7) is 4.14. The molecule has 1 aliphatic heterocycles. The molecule has 1 heterocycles. The second-order valence-electron chi connectivity index (χ2n) is 4.88. The molecule has 0 spiro atoms. The molecule has 2 N–H and O–H groups in total. The van der Waals surface area contributed by atoms with Gasteiger partial charge in [0, 0.05) is 26.1 Å². The van der Waals surface area contributed by atoms with Crippen molar-refractivity contribution in [2.24, 2.45) is 11.7 Å². The van der Waals surface area contributed by atoms with Crippen molar-refractivity contribution < 1.29 is 4.79 Å². The lowest BCUT2D eigenvalue weighted by Gasteiger charge is -2.36. The van der Waals surface area contributed by atoms with Gasteiger partial charge in [0.05, 0.1) is 11.4 Å². The van der Waals surface area contributed by atoms with Gasteiger partial charge in [-0.1, -0.05) is 19.1 Å². The highest BCUT2D eigenvalue weighted by Gasteiger charge is 2.27. The lowest BCUT2D eigenvalue weighted by atomic mass is 10.0. The van der Waals surface area contributed by atoms with Crippen LogP contribution in [0.15, 0.2) is 24.3 Å². The summed E-state index contributed by atoms with van der Waals surface area (Å²) in [5.74, 6) is 0.174. The molecule has 98 valence electrons. The lowest BCUT2D eigenvalue weighted by Crippen LogP contribution is -2.45. The maximum atomic E-state index is 12.4. The first-order valence-electron chi connectivity index (χ1n) is 6.46. The maximum Gasteiger partial charge on any atom is 0.229 e. The highest BCUT2D eigenvalue weighted by Crippen LogP contribution is 2.32. The molecule has 0 aromatic heterocycles. The Morgan fingerprint density at radius 2 is 2.00 bits per heavy atom. The van der Waals surface area contributed by atoms with E-state index in [9.17, 15) is 4.79 Å². The topological polar surface area (TPSA) is 49.6 Å². The summed E-state index contributed by atoms with van der Waals surface area (Å²) in [6.07, 6.45) is 0.743. The number of likely N-dealkylation sites (N-methyl/N-ethyl adjacent to an activating group) is 1. The molecule has 1 aromatic carbocycles. The van der Waals surface area contributed by atoms with Crippen LogP contribution in [-0.4, -0.2) is 32.6 Å². The zero-order valence-electron chi connectivity index (χ0n) is 11.1. The molecule has 1 aliphatic rings. The van der Waals surface area contributed by atoms with E-state index in [0.29, 0.717) is 6.54 Å². The third-order valence-corrected chi connectivity index (χ3v) is 3.53. The summed E-state index contributed by atoms with van der Waals surface area (Å²) in [4.78, 5) is 16.5.